The molecule has 20 heavy (non-hydrogen) atoms. The van der Waals surface area contributed by atoms with Crippen molar-refractivity contribution in [2.75, 3.05) is 6.54 Å². The lowest BCUT2D eigenvalue weighted by atomic mass is 9.99. The number of amides is 2. The number of hydrogen-bond donors (Lipinski definition) is 3. The van der Waals surface area contributed by atoms with Gasteiger partial charge in [0.15, 0.2) is 0 Å². The molecule has 6 heteroatoms. The maximum atomic E-state index is 12.1. The summed E-state index contributed by atoms with van der Waals surface area (Å²) in [5, 5.41) is 6.35. The number of carbonyl (C=O) groups is 2. The van der Waals surface area contributed by atoms with E-state index >= 15 is 0 Å². The lowest BCUT2D eigenvalue weighted by molar-refractivity contribution is 0.0918. The van der Waals surface area contributed by atoms with Crippen LogP contribution in [0.15, 0.2) is 24.3 Å². The van der Waals surface area contributed by atoms with Crippen molar-refractivity contribution in [1.29, 1.82) is 0 Å². The fourth-order valence-electron chi connectivity index (χ4n) is 2.28. The summed E-state index contributed by atoms with van der Waals surface area (Å²) in [6, 6.07) is 6.81. The minimum Gasteiger partial charge on any atom is -0.366 e. The van der Waals surface area contributed by atoms with Crippen molar-refractivity contribution < 1.29 is 9.59 Å². The van der Waals surface area contributed by atoms with Crippen LogP contribution in [0.5, 0.6) is 0 Å². The first kappa shape index (κ1) is 16.5. The van der Waals surface area contributed by atoms with Crippen molar-refractivity contribution in [2.24, 2.45) is 5.73 Å². The fourth-order valence-corrected chi connectivity index (χ4v) is 2.28. The van der Waals surface area contributed by atoms with E-state index in [2.05, 4.69) is 17.6 Å². The number of piperidine rings is 1. The number of rotatable bonds is 3. The van der Waals surface area contributed by atoms with Crippen molar-refractivity contribution >= 4 is 24.2 Å². The van der Waals surface area contributed by atoms with Gasteiger partial charge in [0.2, 0.25) is 5.91 Å². The highest BCUT2D eigenvalue weighted by Crippen LogP contribution is 2.10. The molecule has 1 fully saturated rings. The molecule has 1 heterocycles. The standard InChI is InChI=1S/C14H19N3O2.ClH/c1-9-12(3-2-8-16-9)17-14(19)11-6-4-10(5-7-11)13(15)18;/h4-7,9,12,16H,2-3,8H2,1H3,(H2,15,18)(H,17,19);1H. The maximum absolute atomic E-state index is 12.1. The van der Waals surface area contributed by atoms with Crippen LogP contribution in [-0.2, 0) is 0 Å². The zero-order valence-corrected chi connectivity index (χ0v) is 12.2. The molecule has 1 aliphatic rings. The zero-order valence-electron chi connectivity index (χ0n) is 11.4. The van der Waals surface area contributed by atoms with Crippen LogP contribution in [0.4, 0.5) is 0 Å². The van der Waals surface area contributed by atoms with E-state index in [4.69, 9.17) is 5.73 Å². The average Bonchev–Trinajstić information content (AvgIpc) is 2.41. The Morgan fingerprint density at radius 3 is 2.40 bits per heavy atom. The van der Waals surface area contributed by atoms with Crippen molar-refractivity contribution in [1.82, 2.24) is 10.6 Å². The summed E-state index contributed by atoms with van der Waals surface area (Å²) in [6.45, 7) is 3.07. The molecule has 0 radical (unpaired) electrons. The quantitative estimate of drug-likeness (QED) is 0.780. The third-order valence-corrected chi connectivity index (χ3v) is 3.51. The van der Waals surface area contributed by atoms with E-state index < -0.39 is 5.91 Å². The van der Waals surface area contributed by atoms with Crippen LogP contribution in [0.1, 0.15) is 40.5 Å². The molecule has 4 N–H and O–H groups in total. The number of halogens is 1. The summed E-state index contributed by atoms with van der Waals surface area (Å²) in [4.78, 5) is 23.0. The van der Waals surface area contributed by atoms with Gasteiger partial charge >= 0.3 is 0 Å². The molecule has 0 aromatic heterocycles. The average molecular weight is 298 g/mol. The second-order valence-corrected chi connectivity index (χ2v) is 4.91. The number of nitrogens with two attached hydrogens (primary N) is 1. The number of carbonyl (C=O) groups excluding carboxylic acids is 2. The van der Waals surface area contributed by atoms with Gasteiger partial charge in [-0.3, -0.25) is 9.59 Å². The van der Waals surface area contributed by atoms with E-state index in [1.807, 2.05) is 0 Å². The van der Waals surface area contributed by atoms with Gasteiger partial charge in [0.1, 0.15) is 0 Å². The monoisotopic (exact) mass is 297 g/mol. The molecule has 110 valence electrons. The smallest absolute Gasteiger partial charge is 0.251 e. The third-order valence-electron chi connectivity index (χ3n) is 3.51. The van der Waals surface area contributed by atoms with Crippen LogP contribution < -0.4 is 16.4 Å². The van der Waals surface area contributed by atoms with Gasteiger partial charge in [-0.15, -0.1) is 12.4 Å². The van der Waals surface area contributed by atoms with Gasteiger partial charge in [-0.05, 0) is 50.6 Å². The van der Waals surface area contributed by atoms with E-state index in [-0.39, 0.29) is 30.4 Å². The predicted octanol–water partition coefficient (Wildman–Crippen LogP) is 1.08. The zero-order chi connectivity index (χ0) is 13.8. The Hall–Kier alpha value is -1.59. The summed E-state index contributed by atoms with van der Waals surface area (Å²) in [7, 11) is 0. The number of hydrogen-bond acceptors (Lipinski definition) is 3. The Kier molecular flexibility index (Phi) is 5.98. The summed E-state index contributed by atoms with van der Waals surface area (Å²) < 4.78 is 0. The molecule has 0 saturated carbocycles. The number of primary amides is 1. The molecule has 5 nitrogen and oxygen atoms in total. The van der Waals surface area contributed by atoms with Gasteiger partial charge in [0.25, 0.3) is 5.91 Å². The molecule has 0 bridgehead atoms. The Labute approximate surface area is 124 Å². The van der Waals surface area contributed by atoms with Crippen LogP contribution in [0.2, 0.25) is 0 Å². The van der Waals surface area contributed by atoms with Gasteiger partial charge in [0.05, 0.1) is 0 Å². The molecule has 2 atom stereocenters. The van der Waals surface area contributed by atoms with Gasteiger partial charge in [-0.25, -0.2) is 0 Å². The molecule has 0 spiro atoms. The summed E-state index contributed by atoms with van der Waals surface area (Å²) in [5.41, 5.74) is 6.11. The van der Waals surface area contributed by atoms with Gasteiger partial charge in [-0.2, -0.15) is 0 Å². The van der Waals surface area contributed by atoms with E-state index in [9.17, 15) is 9.59 Å². The van der Waals surface area contributed by atoms with Crippen LogP contribution in [0.3, 0.4) is 0 Å². The largest absolute Gasteiger partial charge is 0.366 e. The van der Waals surface area contributed by atoms with Crippen LogP contribution in [0, 0.1) is 0 Å². The first-order valence-corrected chi connectivity index (χ1v) is 6.52. The van der Waals surface area contributed by atoms with Crippen molar-refractivity contribution in [3.05, 3.63) is 35.4 Å². The van der Waals surface area contributed by atoms with Gasteiger partial charge in [-0.1, -0.05) is 0 Å². The molecule has 1 aromatic carbocycles. The Morgan fingerprint density at radius 1 is 1.25 bits per heavy atom. The fraction of sp³-hybridized carbons (Fsp3) is 0.429. The van der Waals surface area contributed by atoms with Crippen molar-refractivity contribution in [3.8, 4) is 0 Å². The SMILES string of the molecule is CC1NCCCC1NC(=O)c1ccc(C(N)=O)cc1.Cl. The highest BCUT2D eigenvalue weighted by atomic mass is 35.5. The lowest BCUT2D eigenvalue weighted by Crippen LogP contribution is -2.51. The second kappa shape index (κ2) is 7.26. The molecule has 1 saturated heterocycles. The van der Waals surface area contributed by atoms with Crippen molar-refractivity contribution in [3.63, 3.8) is 0 Å². The minimum atomic E-state index is -0.489. The van der Waals surface area contributed by atoms with Crippen LogP contribution in [0.25, 0.3) is 0 Å². The summed E-state index contributed by atoms with van der Waals surface area (Å²) >= 11 is 0. The molecule has 1 aliphatic heterocycles. The van der Waals surface area contributed by atoms with Crippen molar-refractivity contribution in [2.45, 2.75) is 31.8 Å². The van der Waals surface area contributed by atoms with Gasteiger partial charge in [0, 0.05) is 23.2 Å². The second-order valence-electron chi connectivity index (χ2n) is 4.91. The number of nitrogens with one attached hydrogen (secondary N) is 2. The Bertz CT molecular complexity index is 476. The highest BCUT2D eigenvalue weighted by Gasteiger charge is 2.22. The van der Waals surface area contributed by atoms with Crippen LogP contribution >= 0.6 is 12.4 Å². The van der Waals surface area contributed by atoms with Crippen LogP contribution in [-0.4, -0.2) is 30.4 Å². The Morgan fingerprint density at radius 2 is 1.85 bits per heavy atom. The predicted molar refractivity (Wildman–Crippen MR) is 80.2 cm³/mol. The van der Waals surface area contributed by atoms with E-state index in [0.29, 0.717) is 11.1 Å². The first-order chi connectivity index (χ1) is 9.08. The Balaban J connectivity index is 0.00000200. The molecule has 2 unspecified atom stereocenters. The molecular formula is C14H20ClN3O2. The maximum Gasteiger partial charge on any atom is 0.251 e. The summed E-state index contributed by atoms with van der Waals surface area (Å²) in [6.07, 6.45) is 2.05. The number of benzene rings is 1. The first-order valence-electron chi connectivity index (χ1n) is 6.52. The normalized spacial score (nSPS) is 21.6. The molecule has 2 rings (SSSR count). The minimum absolute atomic E-state index is 0. The molecular weight excluding hydrogens is 278 g/mol. The van der Waals surface area contributed by atoms with Gasteiger partial charge < -0.3 is 16.4 Å². The topological polar surface area (TPSA) is 84.2 Å². The molecule has 1 aromatic rings. The summed E-state index contributed by atoms with van der Waals surface area (Å²) in [5.74, 6) is -0.603. The molecule has 0 aliphatic carbocycles. The highest BCUT2D eigenvalue weighted by molar-refractivity contribution is 5.97. The van der Waals surface area contributed by atoms with E-state index in [1.165, 1.54) is 0 Å². The van der Waals surface area contributed by atoms with E-state index in [1.54, 1.807) is 24.3 Å². The van der Waals surface area contributed by atoms with E-state index in [0.717, 1.165) is 19.4 Å². The third kappa shape index (κ3) is 3.95. The lowest BCUT2D eigenvalue weighted by Gasteiger charge is -2.30. The molecule has 2 amide bonds.